The Morgan fingerprint density at radius 3 is 2.45 bits per heavy atom. The van der Waals surface area contributed by atoms with Crippen molar-refractivity contribution in [1.82, 2.24) is 5.32 Å². The van der Waals surface area contributed by atoms with Gasteiger partial charge in [0, 0.05) is 5.57 Å². The second kappa shape index (κ2) is 3.62. The summed E-state index contributed by atoms with van der Waals surface area (Å²) in [6.07, 6.45) is 1.66. The van der Waals surface area contributed by atoms with Crippen LogP contribution >= 0.6 is 0 Å². The highest BCUT2D eigenvalue weighted by molar-refractivity contribution is 5.87. The van der Waals surface area contributed by atoms with Gasteiger partial charge in [-0.2, -0.15) is 4.39 Å². The Balaban J connectivity index is 2.45. The van der Waals surface area contributed by atoms with Crippen molar-refractivity contribution in [3.63, 3.8) is 0 Å². The summed E-state index contributed by atoms with van der Waals surface area (Å²) in [5.41, 5.74) is 0.145. The molecule has 1 N–H and O–H groups in total. The van der Waals surface area contributed by atoms with Gasteiger partial charge in [-0.25, -0.2) is 0 Å². The monoisotopic (exact) mass is 157 g/mol. The molecule has 1 aliphatic heterocycles. The van der Waals surface area contributed by atoms with Crippen LogP contribution in [0.1, 0.15) is 12.8 Å². The summed E-state index contributed by atoms with van der Waals surface area (Å²) in [6, 6.07) is -1.35. The van der Waals surface area contributed by atoms with Crippen molar-refractivity contribution in [2.24, 2.45) is 5.92 Å². The first kappa shape index (κ1) is 8.40. The van der Waals surface area contributed by atoms with Crippen LogP contribution in [0.3, 0.4) is 0 Å². The lowest BCUT2D eigenvalue weighted by atomic mass is 9.91. The Hall–Kier alpha value is -0.700. The van der Waals surface area contributed by atoms with E-state index in [1.165, 1.54) is 0 Å². The van der Waals surface area contributed by atoms with Gasteiger partial charge in [0.2, 0.25) is 0 Å². The lowest BCUT2D eigenvalue weighted by Crippen LogP contribution is -2.29. The fraction of sp³-hybridized carbons (Fsp3) is 0.625. The van der Waals surface area contributed by atoms with Gasteiger partial charge in [-0.3, -0.25) is 4.79 Å². The van der Waals surface area contributed by atoms with Crippen molar-refractivity contribution in [2.75, 3.05) is 13.1 Å². The normalized spacial score (nSPS) is 19.7. The minimum Gasteiger partial charge on any atom is -0.317 e. The highest BCUT2D eigenvalue weighted by Crippen LogP contribution is 2.20. The van der Waals surface area contributed by atoms with Crippen molar-refractivity contribution < 1.29 is 9.18 Å². The predicted octanol–water partition coefficient (Wildman–Crippen LogP) is 1.04. The number of piperidine rings is 1. The summed E-state index contributed by atoms with van der Waals surface area (Å²) in [7, 11) is 0. The largest absolute Gasteiger partial charge is 0.327 e. The fourth-order valence-corrected chi connectivity index (χ4v) is 1.33. The molecule has 2 nitrogen and oxygen atoms in total. The molecule has 0 bridgehead atoms. The van der Waals surface area contributed by atoms with Gasteiger partial charge in [0.1, 0.15) is 0 Å². The quantitative estimate of drug-likeness (QED) is 0.479. The SMILES string of the molecule is C=C(C(=O)F)C1CCNCC1. The van der Waals surface area contributed by atoms with E-state index in [0.717, 1.165) is 25.9 Å². The molecular formula is C8H12FNO. The zero-order valence-corrected chi connectivity index (χ0v) is 6.40. The molecule has 0 amide bonds. The molecule has 1 heterocycles. The van der Waals surface area contributed by atoms with Crippen molar-refractivity contribution in [3.05, 3.63) is 12.2 Å². The summed E-state index contributed by atoms with van der Waals surface area (Å²) < 4.78 is 12.1. The summed E-state index contributed by atoms with van der Waals surface area (Å²) in [6.45, 7) is 5.14. The lowest BCUT2D eigenvalue weighted by Gasteiger charge is -2.21. The van der Waals surface area contributed by atoms with E-state index in [1.807, 2.05) is 0 Å². The summed E-state index contributed by atoms with van der Waals surface area (Å²) in [5.74, 6) is 0.0637. The van der Waals surface area contributed by atoms with Gasteiger partial charge in [0.15, 0.2) is 0 Å². The lowest BCUT2D eigenvalue weighted by molar-refractivity contribution is -0.125. The maximum atomic E-state index is 12.1. The van der Waals surface area contributed by atoms with Crippen LogP contribution in [0, 0.1) is 5.92 Å². The molecule has 11 heavy (non-hydrogen) atoms. The molecular weight excluding hydrogens is 145 g/mol. The molecule has 0 aliphatic carbocycles. The highest BCUT2D eigenvalue weighted by atomic mass is 19.1. The summed E-state index contributed by atoms with van der Waals surface area (Å²) >= 11 is 0. The first-order valence-corrected chi connectivity index (χ1v) is 3.81. The van der Waals surface area contributed by atoms with Crippen LogP contribution in [0.25, 0.3) is 0 Å². The topological polar surface area (TPSA) is 29.1 Å². The average Bonchev–Trinajstić information content (AvgIpc) is 2.05. The van der Waals surface area contributed by atoms with E-state index in [-0.39, 0.29) is 11.5 Å². The van der Waals surface area contributed by atoms with E-state index in [9.17, 15) is 9.18 Å². The van der Waals surface area contributed by atoms with Gasteiger partial charge in [-0.15, -0.1) is 0 Å². The Morgan fingerprint density at radius 1 is 1.45 bits per heavy atom. The number of hydrogen-bond donors (Lipinski definition) is 1. The van der Waals surface area contributed by atoms with Crippen molar-refractivity contribution in [3.8, 4) is 0 Å². The number of halogens is 1. The maximum Gasteiger partial charge on any atom is 0.327 e. The van der Waals surface area contributed by atoms with Crippen LogP contribution in [0.4, 0.5) is 4.39 Å². The number of hydrogen-bond acceptors (Lipinski definition) is 2. The first-order valence-electron chi connectivity index (χ1n) is 3.81. The van der Waals surface area contributed by atoms with Crippen LogP contribution in [-0.2, 0) is 4.79 Å². The predicted molar refractivity (Wildman–Crippen MR) is 40.8 cm³/mol. The van der Waals surface area contributed by atoms with E-state index in [4.69, 9.17) is 0 Å². The zero-order chi connectivity index (χ0) is 8.27. The fourth-order valence-electron chi connectivity index (χ4n) is 1.33. The third kappa shape index (κ3) is 2.12. The van der Waals surface area contributed by atoms with Crippen LogP contribution < -0.4 is 5.32 Å². The molecule has 1 fully saturated rings. The second-order valence-corrected chi connectivity index (χ2v) is 2.82. The molecule has 1 aliphatic rings. The van der Waals surface area contributed by atoms with E-state index < -0.39 is 6.04 Å². The Labute approximate surface area is 65.5 Å². The Kier molecular flexibility index (Phi) is 2.76. The van der Waals surface area contributed by atoms with Gasteiger partial charge >= 0.3 is 6.04 Å². The average molecular weight is 157 g/mol. The molecule has 62 valence electrons. The third-order valence-corrected chi connectivity index (χ3v) is 2.08. The Morgan fingerprint density at radius 2 is 2.00 bits per heavy atom. The van der Waals surface area contributed by atoms with Gasteiger partial charge in [0.25, 0.3) is 0 Å². The minimum atomic E-state index is -1.35. The van der Waals surface area contributed by atoms with Gasteiger partial charge in [-0.1, -0.05) is 6.58 Å². The molecule has 1 rings (SSSR count). The standard InChI is InChI=1S/C8H12FNO/c1-6(8(9)11)7-2-4-10-5-3-7/h7,10H,1-5H2. The summed E-state index contributed by atoms with van der Waals surface area (Å²) in [5, 5.41) is 3.13. The highest BCUT2D eigenvalue weighted by Gasteiger charge is 2.20. The van der Waals surface area contributed by atoms with Crippen LogP contribution in [0.15, 0.2) is 12.2 Å². The number of carbonyl (C=O) groups is 1. The molecule has 0 aromatic heterocycles. The number of allylic oxidation sites excluding steroid dienone is 1. The molecule has 0 unspecified atom stereocenters. The molecule has 0 spiro atoms. The number of carbonyl (C=O) groups excluding carboxylic acids is 1. The molecule has 0 saturated carbocycles. The molecule has 0 aromatic carbocycles. The van der Waals surface area contributed by atoms with Crippen LogP contribution in [-0.4, -0.2) is 19.1 Å². The van der Waals surface area contributed by atoms with Gasteiger partial charge in [0.05, 0.1) is 0 Å². The van der Waals surface area contributed by atoms with E-state index >= 15 is 0 Å². The molecule has 0 radical (unpaired) electrons. The molecule has 0 aromatic rings. The summed E-state index contributed by atoms with van der Waals surface area (Å²) in [4.78, 5) is 10.3. The smallest absolute Gasteiger partial charge is 0.317 e. The van der Waals surface area contributed by atoms with Crippen molar-refractivity contribution in [1.29, 1.82) is 0 Å². The van der Waals surface area contributed by atoms with Crippen LogP contribution in [0.2, 0.25) is 0 Å². The molecule has 3 heteroatoms. The van der Waals surface area contributed by atoms with Gasteiger partial charge < -0.3 is 5.32 Å². The maximum absolute atomic E-state index is 12.1. The first-order chi connectivity index (χ1) is 5.22. The third-order valence-electron chi connectivity index (χ3n) is 2.08. The van der Waals surface area contributed by atoms with Gasteiger partial charge in [-0.05, 0) is 31.8 Å². The van der Waals surface area contributed by atoms with E-state index in [1.54, 1.807) is 0 Å². The van der Waals surface area contributed by atoms with Crippen molar-refractivity contribution >= 4 is 6.04 Å². The van der Waals surface area contributed by atoms with E-state index in [2.05, 4.69) is 11.9 Å². The van der Waals surface area contributed by atoms with E-state index in [0.29, 0.717) is 0 Å². The second-order valence-electron chi connectivity index (χ2n) is 2.82. The molecule has 1 saturated heterocycles. The zero-order valence-electron chi connectivity index (χ0n) is 6.40. The number of nitrogens with one attached hydrogen (secondary N) is 1. The Bertz CT molecular complexity index is 173. The minimum absolute atomic E-state index is 0.0637. The van der Waals surface area contributed by atoms with Crippen molar-refractivity contribution in [2.45, 2.75) is 12.8 Å². The number of rotatable bonds is 2. The molecule has 0 atom stereocenters. The van der Waals surface area contributed by atoms with Crippen LogP contribution in [0.5, 0.6) is 0 Å².